The molecule has 20 heavy (non-hydrogen) atoms. The maximum absolute atomic E-state index is 4.37. The van der Waals surface area contributed by atoms with E-state index in [1.54, 1.807) is 12.4 Å². The van der Waals surface area contributed by atoms with Gasteiger partial charge in [0.25, 0.3) is 0 Å². The van der Waals surface area contributed by atoms with Crippen LogP contribution in [0.2, 0.25) is 0 Å². The van der Waals surface area contributed by atoms with Gasteiger partial charge in [0.2, 0.25) is 0 Å². The van der Waals surface area contributed by atoms with Gasteiger partial charge < -0.3 is 0 Å². The van der Waals surface area contributed by atoms with Crippen LogP contribution in [0.15, 0.2) is 54.9 Å². The van der Waals surface area contributed by atoms with E-state index in [4.69, 9.17) is 0 Å². The molecule has 0 saturated heterocycles. The zero-order valence-corrected chi connectivity index (χ0v) is 12.1. The first-order valence-corrected chi connectivity index (χ1v) is 6.86. The molecule has 0 atom stereocenters. The van der Waals surface area contributed by atoms with Gasteiger partial charge >= 0.3 is 0 Å². The van der Waals surface area contributed by atoms with Gasteiger partial charge in [0, 0.05) is 18.0 Å². The highest BCUT2D eigenvalue weighted by atomic mass is 14.8. The minimum absolute atomic E-state index is 0.0877. The van der Waals surface area contributed by atoms with E-state index in [0.717, 1.165) is 11.4 Å². The lowest BCUT2D eigenvalue weighted by atomic mass is 9.82. The zero-order valence-electron chi connectivity index (χ0n) is 12.1. The predicted octanol–water partition coefficient (Wildman–Crippen LogP) is 4.59. The Balaban J connectivity index is 2.31. The number of benzene rings is 2. The summed E-state index contributed by atoms with van der Waals surface area (Å²) in [7, 11) is 0. The van der Waals surface area contributed by atoms with E-state index in [0.29, 0.717) is 0 Å². The van der Waals surface area contributed by atoms with E-state index in [1.807, 2.05) is 6.07 Å². The van der Waals surface area contributed by atoms with Gasteiger partial charge in [0.05, 0.1) is 0 Å². The summed E-state index contributed by atoms with van der Waals surface area (Å²) in [4.78, 5) is 8.74. The smallest absolute Gasteiger partial charge is 0.159 e. The summed E-state index contributed by atoms with van der Waals surface area (Å²) in [5.74, 6) is 0.781. The van der Waals surface area contributed by atoms with Crippen LogP contribution in [0, 0.1) is 0 Å². The van der Waals surface area contributed by atoms with E-state index < -0.39 is 0 Å². The molecule has 0 fully saturated rings. The van der Waals surface area contributed by atoms with Gasteiger partial charge in [0.15, 0.2) is 5.82 Å². The van der Waals surface area contributed by atoms with E-state index in [-0.39, 0.29) is 5.41 Å². The van der Waals surface area contributed by atoms with Crippen molar-refractivity contribution in [1.29, 1.82) is 0 Å². The molecular weight excluding hydrogens is 244 g/mol. The molecule has 3 rings (SSSR count). The van der Waals surface area contributed by atoms with Crippen molar-refractivity contribution < 1.29 is 0 Å². The van der Waals surface area contributed by atoms with Crippen LogP contribution in [0.3, 0.4) is 0 Å². The Hall–Kier alpha value is -2.22. The summed E-state index contributed by atoms with van der Waals surface area (Å²) >= 11 is 0. The number of rotatable bonds is 1. The quantitative estimate of drug-likeness (QED) is 0.640. The summed E-state index contributed by atoms with van der Waals surface area (Å²) in [6, 6.07) is 14.7. The summed E-state index contributed by atoms with van der Waals surface area (Å²) in [5, 5.41) is 2.54. The lowest BCUT2D eigenvalue weighted by Gasteiger charge is -2.22. The number of aromatic nitrogens is 2. The third kappa shape index (κ3) is 2.29. The largest absolute Gasteiger partial charge is 0.237 e. The van der Waals surface area contributed by atoms with E-state index >= 15 is 0 Å². The van der Waals surface area contributed by atoms with Gasteiger partial charge in [-0.05, 0) is 39.9 Å². The molecule has 0 aliphatic rings. The van der Waals surface area contributed by atoms with Gasteiger partial charge in [-0.15, -0.1) is 0 Å². The highest BCUT2D eigenvalue weighted by Gasteiger charge is 2.18. The predicted molar refractivity (Wildman–Crippen MR) is 83.7 cm³/mol. The van der Waals surface area contributed by atoms with Gasteiger partial charge in [-0.3, -0.25) is 0 Å². The average molecular weight is 262 g/mol. The summed E-state index contributed by atoms with van der Waals surface area (Å²) < 4.78 is 0. The summed E-state index contributed by atoms with van der Waals surface area (Å²) in [6.45, 7) is 6.72. The highest BCUT2D eigenvalue weighted by Crippen LogP contribution is 2.33. The van der Waals surface area contributed by atoms with Crippen LogP contribution < -0.4 is 0 Å². The molecule has 100 valence electrons. The normalized spacial score (nSPS) is 11.8. The molecule has 2 aromatic carbocycles. The molecule has 0 aliphatic carbocycles. The Morgan fingerprint density at radius 1 is 0.850 bits per heavy atom. The van der Waals surface area contributed by atoms with E-state index in [9.17, 15) is 0 Å². The third-order valence-electron chi connectivity index (χ3n) is 3.49. The number of nitrogens with zero attached hydrogens (tertiary/aromatic N) is 2. The van der Waals surface area contributed by atoms with E-state index in [2.05, 4.69) is 67.1 Å². The molecule has 1 aromatic heterocycles. The van der Waals surface area contributed by atoms with Crippen molar-refractivity contribution in [3.05, 3.63) is 60.4 Å². The van der Waals surface area contributed by atoms with Crippen molar-refractivity contribution in [2.24, 2.45) is 0 Å². The van der Waals surface area contributed by atoms with E-state index in [1.165, 1.54) is 16.3 Å². The van der Waals surface area contributed by atoms with Crippen molar-refractivity contribution in [2.45, 2.75) is 26.2 Å². The van der Waals surface area contributed by atoms with Crippen LogP contribution in [0.5, 0.6) is 0 Å². The van der Waals surface area contributed by atoms with Crippen molar-refractivity contribution in [3.63, 3.8) is 0 Å². The molecule has 2 nitrogen and oxygen atoms in total. The van der Waals surface area contributed by atoms with Crippen molar-refractivity contribution >= 4 is 10.8 Å². The first-order valence-electron chi connectivity index (χ1n) is 6.86. The monoisotopic (exact) mass is 262 g/mol. The first-order chi connectivity index (χ1) is 9.55. The topological polar surface area (TPSA) is 25.8 Å². The Bertz CT molecular complexity index is 740. The second-order valence-corrected chi connectivity index (χ2v) is 6.07. The minimum Gasteiger partial charge on any atom is -0.237 e. The van der Waals surface area contributed by atoms with Crippen LogP contribution in [0.25, 0.3) is 22.2 Å². The van der Waals surface area contributed by atoms with Crippen LogP contribution in [-0.4, -0.2) is 9.97 Å². The number of hydrogen-bond acceptors (Lipinski definition) is 2. The van der Waals surface area contributed by atoms with Crippen molar-refractivity contribution in [1.82, 2.24) is 9.97 Å². The van der Waals surface area contributed by atoms with Gasteiger partial charge in [0.1, 0.15) is 0 Å². The molecule has 0 saturated carbocycles. The van der Waals surface area contributed by atoms with Crippen LogP contribution in [0.1, 0.15) is 26.3 Å². The SMILES string of the molecule is CC(C)(C)c1cc(-c2ncccn2)cc2ccccc12. The molecule has 0 unspecified atom stereocenters. The Kier molecular flexibility index (Phi) is 3.01. The fourth-order valence-corrected chi connectivity index (χ4v) is 2.51. The molecule has 0 aliphatic heterocycles. The fraction of sp³-hybridized carbons (Fsp3) is 0.222. The third-order valence-corrected chi connectivity index (χ3v) is 3.49. The maximum Gasteiger partial charge on any atom is 0.159 e. The molecule has 0 radical (unpaired) electrons. The molecular formula is C18H18N2. The highest BCUT2D eigenvalue weighted by molar-refractivity contribution is 5.90. The first kappa shape index (κ1) is 12.8. The van der Waals surface area contributed by atoms with Crippen LogP contribution in [-0.2, 0) is 5.41 Å². The van der Waals surface area contributed by atoms with Crippen LogP contribution in [0.4, 0.5) is 0 Å². The standard InChI is InChI=1S/C18H18N2/c1-18(2,3)16-12-14(17-19-9-6-10-20-17)11-13-7-4-5-8-15(13)16/h4-12H,1-3H3. The molecule has 0 N–H and O–H groups in total. The zero-order chi connectivity index (χ0) is 14.2. The Labute approximate surface area is 119 Å². The van der Waals surface area contributed by atoms with Gasteiger partial charge in [-0.25, -0.2) is 9.97 Å². The summed E-state index contributed by atoms with van der Waals surface area (Å²) in [6.07, 6.45) is 3.57. The second-order valence-electron chi connectivity index (χ2n) is 6.07. The molecule has 3 aromatic rings. The Morgan fingerprint density at radius 3 is 2.25 bits per heavy atom. The molecule has 1 heterocycles. The minimum atomic E-state index is 0.0877. The molecule has 0 spiro atoms. The molecule has 0 bridgehead atoms. The van der Waals surface area contributed by atoms with Crippen LogP contribution >= 0.6 is 0 Å². The van der Waals surface area contributed by atoms with Crippen molar-refractivity contribution in [2.75, 3.05) is 0 Å². The van der Waals surface area contributed by atoms with Gasteiger partial charge in [-0.1, -0.05) is 45.0 Å². The number of hydrogen-bond donors (Lipinski definition) is 0. The molecule has 2 heteroatoms. The molecule has 0 amide bonds. The Morgan fingerprint density at radius 2 is 1.55 bits per heavy atom. The lowest BCUT2D eigenvalue weighted by molar-refractivity contribution is 0.596. The lowest BCUT2D eigenvalue weighted by Crippen LogP contribution is -2.12. The maximum atomic E-state index is 4.37. The number of fused-ring (bicyclic) bond motifs is 1. The van der Waals surface area contributed by atoms with Gasteiger partial charge in [-0.2, -0.15) is 0 Å². The second kappa shape index (κ2) is 4.71. The summed E-state index contributed by atoms with van der Waals surface area (Å²) in [5.41, 5.74) is 2.50. The fourth-order valence-electron chi connectivity index (χ4n) is 2.51. The average Bonchev–Trinajstić information content (AvgIpc) is 2.46. The van der Waals surface area contributed by atoms with Crippen molar-refractivity contribution in [3.8, 4) is 11.4 Å².